The monoisotopic (exact) mass is 870 g/mol. The standard InChI is InChI=1S/C45H83N5O9S/c1-3-5-7-9-11-13-15-17-19-21-23-25-27-29-40(52)57-33-36(58-41(53)30-28-26-24-22-20-18-16-14-12-10-8-6-4-2)34-60-35-37(46)44(56)47-39-31-50(49-48-39)45-43(55)42(54)38(32-51)59-45/h31,36-38,42-43,45,51,54-55H,3-30,32-35,46H2,1-2H3,(H,47,56)/t36-,37-,38?,42-,43-,45+/m1/s1. The van der Waals surface area contributed by atoms with E-state index in [9.17, 15) is 29.7 Å². The van der Waals surface area contributed by atoms with Crippen LogP contribution in [-0.2, 0) is 28.6 Å². The van der Waals surface area contributed by atoms with Crippen LogP contribution in [0.2, 0.25) is 0 Å². The number of nitrogens with one attached hydrogen (secondary N) is 1. The Kier molecular flexibility index (Phi) is 31.6. The zero-order valence-corrected chi connectivity index (χ0v) is 38.1. The molecule has 1 unspecified atom stereocenters. The van der Waals surface area contributed by atoms with Crippen LogP contribution in [0.3, 0.4) is 0 Å². The lowest BCUT2D eigenvalue weighted by Gasteiger charge is -2.19. The first-order chi connectivity index (χ1) is 29.2. The van der Waals surface area contributed by atoms with Crippen molar-refractivity contribution in [1.82, 2.24) is 15.0 Å². The average Bonchev–Trinajstić information content (AvgIpc) is 3.82. The molecule has 6 N–H and O–H groups in total. The number of unbranched alkanes of at least 4 members (excludes halogenated alkanes) is 24. The smallest absolute Gasteiger partial charge is 0.306 e. The topological polar surface area (TPSA) is 208 Å². The molecule has 0 aromatic carbocycles. The van der Waals surface area contributed by atoms with E-state index in [1.54, 1.807) is 0 Å². The van der Waals surface area contributed by atoms with Gasteiger partial charge in [-0.25, -0.2) is 4.68 Å². The molecule has 2 rings (SSSR count). The number of aliphatic hydroxyl groups excluding tert-OH is 3. The molecular weight excluding hydrogens is 787 g/mol. The van der Waals surface area contributed by atoms with Crippen molar-refractivity contribution >= 4 is 35.4 Å². The number of carbonyl (C=O) groups excluding carboxylic acids is 3. The van der Waals surface area contributed by atoms with Crippen molar-refractivity contribution in [2.45, 2.75) is 230 Å². The minimum Gasteiger partial charge on any atom is -0.462 e. The second-order valence-corrected chi connectivity index (χ2v) is 17.8. The molecule has 15 heteroatoms. The minimum absolute atomic E-state index is 0.0555. The Balaban J connectivity index is 1.72. The van der Waals surface area contributed by atoms with Crippen molar-refractivity contribution in [3.05, 3.63) is 6.20 Å². The largest absolute Gasteiger partial charge is 0.462 e. The maximum absolute atomic E-state index is 12.9. The van der Waals surface area contributed by atoms with E-state index in [1.807, 2.05) is 0 Å². The number of esters is 2. The van der Waals surface area contributed by atoms with Gasteiger partial charge in [0.2, 0.25) is 5.91 Å². The lowest BCUT2D eigenvalue weighted by molar-refractivity contribution is -0.157. The normalized spacial score (nSPS) is 18.7. The highest BCUT2D eigenvalue weighted by molar-refractivity contribution is 7.99. The zero-order chi connectivity index (χ0) is 43.6. The van der Waals surface area contributed by atoms with Gasteiger partial charge in [-0.3, -0.25) is 14.4 Å². The van der Waals surface area contributed by atoms with Crippen LogP contribution in [0.1, 0.15) is 200 Å². The summed E-state index contributed by atoms with van der Waals surface area (Å²) in [5, 5.41) is 40.0. The van der Waals surface area contributed by atoms with Gasteiger partial charge in [0.15, 0.2) is 12.0 Å². The molecule has 1 aromatic heterocycles. The fourth-order valence-electron chi connectivity index (χ4n) is 7.37. The van der Waals surface area contributed by atoms with Gasteiger partial charge in [-0.1, -0.05) is 173 Å². The molecule has 1 amide bonds. The number of hydrogen-bond donors (Lipinski definition) is 5. The van der Waals surface area contributed by atoms with Crippen LogP contribution in [0, 0.1) is 0 Å². The predicted molar refractivity (Wildman–Crippen MR) is 238 cm³/mol. The van der Waals surface area contributed by atoms with Gasteiger partial charge in [-0.05, 0) is 12.8 Å². The van der Waals surface area contributed by atoms with Crippen molar-refractivity contribution in [2.24, 2.45) is 5.73 Å². The summed E-state index contributed by atoms with van der Waals surface area (Å²) < 4.78 is 18.0. The van der Waals surface area contributed by atoms with Crippen LogP contribution in [-0.4, -0.2) is 103 Å². The van der Waals surface area contributed by atoms with E-state index in [1.165, 1.54) is 146 Å². The third kappa shape index (κ3) is 25.0. The van der Waals surface area contributed by atoms with Gasteiger partial charge < -0.3 is 40.6 Å². The molecule has 14 nitrogen and oxygen atoms in total. The van der Waals surface area contributed by atoms with Crippen molar-refractivity contribution in [3.8, 4) is 0 Å². The molecule has 0 spiro atoms. The van der Waals surface area contributed by atoms with E-state index in [0.717, 1.165) is 43.2 Å². The third-order valence-electron chi connectivity index (χ3n) is 11.2. The second kappa shape index (κ2) is 35.2. The Morgan fingerprint density at radius 1 is 0.733 bits per heavy atom. The van der Waals surface area contributed by atoms with E-state index >= 15 is 0 Å². The number of ether oxygens (including phenoxy) is 3. The van der Waals surface area contributed by atoms with E-state index < -0.39 is 49.2 Å². The minimum atomic E-state index is -1.35. The van der Waals surface area contributed by atoms with Gasteiger partial charge in [-0.15, -0.1) is 5.10 Å². The predicted octanol–water partition coefficient (Wildman–Crippen LogP) is 8.31. The number of anilines is 1. The summed E-state index contributed by atoms with van der Waals surface area (Å²) in [6.45, 7) is 3.95. The Morgan fingerprint density at radius 3 is 1.67 bits per heavy atom. The van der Waals surface area contributed by atoms with Crippen molar-refractivity contribution in [1.29, 1.82) is 0 Å². The highest BCUT2D eigenvalue weighted by atomic mass is 32.2. The average molecular weight is 870 g/mol. The molecule has 1 fully saturated rings. The van der Waals surface area contributed by atoms with Gasteiger partial charge in [0.1, 0.15) is 31.0 Å². The van der Waals surface area contributed by atoms with Gasteiger partial charge in [0, 0.05) is 24.3 Å². The number of aliphatic hydroxyl groups is 3. The molecule has 1 aliphatic heterocycles. The zero-order valence-electron chi connectivity index (χ0n) is 37.3. The maximum Gasteiger partial charge on any atom is 0.306 e. The number of rotatable bonds is 39. The van der Waals surface area contributed by atoms with Crippen LogP contribution in [0.5, 0.6) is 0 Å². The molecule has 0 bridgehead atoms. The molecule has 60 heavy (non-hydrogen) atoms. The Morgan fingerprint density at radius 2 is 1.20 bits per heavy atom. The molecule has 0 radical (unpaired) electrons. The molecule has 1 aromatic rings. The summed E-state index contributed by atoms with van der Waals surface area (Å²) in [6.07, 6.45) is 28.3. The number of hydrogen-bond acceptors (Lipinski definition) is 13. The lowest BCUT2D eigenvalue weighted by atomic mass is 10.0. The summed E-state index contributed by atoms with van der Waals surface area (Å²) in [5.41, 5.74) is 6.18. The van der Waals surface area contributed by atoms with Crippen molar-refractivity contribution in [3.63, 3.8) is 0 Å². The highest BCUT2D eigenvalue weighted by Crippen LogP contribution is 2.29. The first kappa shape index (κ1) is 53.8. The van der Waals surface area contributed by atoms with E-state index in [-0.39, 0.29) is 30.1 Å². The number of carbonyl (C=O) groups is 3. The SMILES string of the molecule is CCCCCCCCCCCCCCCC(=O)OC[C@H](CSC[C@@H](N)C(=O)Nc1cn([C@H]2OC(CO)[C@@H](O)[C@H]2O)nn1)OC(=O)CCCCCCCCCCCCCCC. The van der Waals surface area contributed by atoms with Gasteiger partial charge in [0.25, 0.3) is 0 Å². The van der Waals surface area contributed by atoms with Crippen LogP contribution in [0.4, 0.5) is 5.82 Å². The van der Waals surface area contributed by atoms with Gasteiger partial charge >= 0.3 is 11.9 Å². The van der Waals surface area contributed by atoms with Crippen LogP contribution >= 0.6 is 11.8 Å². The summed E-state index contributed by atoms with van der Waals surface area (Å²) in [7, 11) is 0. The van der Waals surface area contributed by atoms with Crippen LogP contribution in [0.15, 0.2) is 6.20 Å². The molecule has 2 heterocycles. The first-order valence-corrected chi connectivity index (χ1v) is 24.9. The maximum atomic E-state index is 12.9. The fraction of sp³-hybridized carbons (Fsp3) is 0.889. The van der Waals surface area contributed by atoms with E-state index in [2.05, 4.69) is 29.5 Å². The van der Waals surface area contributed by atoms with E-state index in [4.69, 9.17) is 19.9 Å². The summed E-state index contributed by atoms with van der Waals surface area (Å²) in [5.74, 6) is -0.616. The second-order valence-electron chi connectivity index (χ2n) is 16.7. The van der Waals surface area contributed by atoms with Gasteiger partial charge in [0.05, 0.1) is 18.8 Å². The first-order valence-electron chi connectivity index (χ1n) is 23.7. The van der Waals surface area contributed by atoms with Crippen LogP contribution < -0.4 is 11.1 Å². The lowest BCUT2D eigenvalue weighted by Crippen LogP contribution is -2.38. The molecule has 0 saturated carbocycles. The van der Waals surface area contributed by atoms with Crippen molar-refractivity contribution in [2.75, 3.05) is 30.0 Å². The molecule has 6 atom stereocenters. The number of nitrogens with two attached hydrogens (primary N) is 1. The van der Waals surface area contributed by atoms with Crippen LogP contribution in [0.25, 0.3) is 0 Å². The Labute approximate surface area is 365 Å². The fourth-order valence-corrected chi connectivity index (χ4v) is 8.34. The summed E-state index contributed by atoms with van der Waals surface area (Å²) in [6, 6.07) is -0.950. The molecule has 1 saturated heterocycles. The number of nitrogens with zero attached hydrogens (tertiary/aromatic N) is 3. The summed E-state index contributed by atoms with van der Waals surface area (Å²) >= 11 is 1.32. The number of amides is 1. The van der Waals surface area contributed by atoms with E-state index in [0.29, 0.717) is 18.6 Å². The third-order valence-corrected chi connectivity index (χ3v) is 12.4. The Bertz CT molecular complexity index is 1240. The summed E-state index contributed by atoms with van der Waals surface area (Å²) in [4.78, 5) is 38.4. The Hall–Kier alpha value is -2.30. The number of aromatic nitrogens is 3. The molecule has 1 aliphatic rings. The number of thioether (sulfide) groups is 1. The molecule has 0 aliphatic carbocycles. The van der Waals surface area contributed by atoms with Crippen molar-refractivity contribution < 1.29 is 43.9 Å². The highest BCUT2D eigenvalue weighted by Gasteiger charge is 2.44. The molecular formula is C45H83N5O9S. The van der Waals surface area contributed by atoms with Gasteiger partial charge in [-0.2, -0.15) is 11.8 Å². The quantitative estimate of drug-likeness (QED) is 0.0312. The molecule has 348 valence electrons.